The maximum absolute atomic E-state index is 13.2. The van der Waals surface area contributed by atoms with Crippen LogP contribution in [0.25, 0.3) is 10.2 Å². The quantitative estimate of drug-likeness (QED) is 0.434. The van der Waals surface area contributed by atoms with Crippen LogP contribution in [0, 0.1) is 0 Å². The van der Waals surface area contributed by atoms with E-state index in [1.165, 1.54) is 16.9 Å². The van der Waals surface area contributed by atoms with Crippen LogP contribution in [-0.2, 0) is 24.1 Å². The summed E-state index contributed by atoms with van der Waals surface area (Å²) in [6, 6.07) is 0. The van der Waals surface area contributed by atoms with Crippen LogP contribution in [0.15, 0.2) is 9.95 Å². The summed E-state index contributed by atoms with van der Waals surface area (Å²) in [4.78, 5) is 20.5. The number of aryl methyl sites for hydroxylation is 2. The lowest BCUT2D eigenvalue weighted by Crippen LogP contribution is -2.29. The van der Waals surface area contributed by atoms with Gasteiger partial charge in [0.05, 0.1) is 18.0 Å². The molecule has 7 heteroatoms. The number of thioether (sulfide) groups is 2. The molecule has 4 rings (SSSR count). The Bertz CT molecular complexity index is 793. The van der Waals surface area contributed by atoms with Gasteiger partial charge in [0.15, 0.2) is 5.16 Å². The number of rotatable bonds is 6. The van der Waals surface area contributed by atoms with Crippen molar-refractivity contribution in [3.05, 3.63) is 20.8 Å². The lowest BCUT2D eigenvalue weighted by Gasteiger charge is -2.15. The molecule has 1 fully saturated rings. The van der Waals surface area contributed by atoms with Crippen molar-refractivity contribution < 1.29 is 4.74 Å². The van der Waals surface area contributed by atoms with Gasteiger partial charge in [0, 0.05) is 23.0 Å². The van der Waals surface area contributed by atoms with E-state index in [-0.39, 0.29) is 11.7 Å². The molecule has 0 saturated carbocycles. The molecule has 3 heterocycles. The third-order valence-electron chi connectivity index (χ3n) is 4.72. The topological polar surface area (TPSA) is 44.1 Å². The Kier molecular flexibility index (Phi) is 5.22. The fraction of sp³-hybridized carbons (Fsp3) is 0.647. The predicted molar refractivity (Wildman–Crippen MR) is 104 cm³/mol. The molecular formula is C17H22N2O2S3. The SMILES string of the molecule is CSCCSc1nc2sc3c(c2c(=O)n1C[C@H]1CCCO1)CCC3. The van der Waals surface area contributed by atoms with Crippen LogP contribution >= 0.6 is 34.9 Å². The van der Waals surface area contributed by atoms with Crippen molar-refractivity contribution in [2.24, 2.45) is 0 Å². The fourth-order valence-corrected chi connectivity index (χ4v) is 6.50. The smallest absolute Gasteiger partial charge is 0.263 e. The third kappa shape index (κ3) is 3.16. The monoisotopic (exact) mass is 382 g/mol. The highest BCUT2D eigenvalue weighted by molar-refractivity contribution is 8.02. The fourth-order valence-electron chi connectivity index (χ4n) is 3.54. The average Bonchev–Trinajstić information content (AvgIpc) is 3.27. The highest BCUT2D eigenvalue weighted by Gasteiger charge is 2.25. The minimum Gasteiger partial charge on any atom is -0.376 e. The summed E-state index contributed by atoms with van der Waals surface area (Å²) in [5, 5.41) is 1.76. The summed E-state index contributed by atoms with van der Waals surface area (Å²) in [5.41, 5.74) is 1.43. The summed E-state index contributed by atoms with van der Waals surface area (Å²) in [6.45, 7) is 1.46. The first kappa shape index (κ1) is 16.9. The van der Waals surface area contributed by atoms with E-state index in [4.69, 9.17) is 9.72 Å². The van der Waals surface area contributed by atoms with E-state index in [2.05, 4.69) is 6.26 Å². The second kappa shape index (κ2) is 7.40. The lowest BCUT2D eigenvalue weighted by atomic mass is 10.2. The molecule has 1 aliphatic heterocycles. The van der Waals surface area contributed by atoms with E-state index >= 15 is 0 Å². The van der Waals surface area contributed by atoms with Crippen LogP contribution < -0.4 is 5.56 Å². The van der Waals surface area contributed by atoms with Crippen molar-refractivity contribution in [2.75, 3.05) is 24.4 Å². The van der Waals surface area contributed by atoms with Crippen molar-refractivity contribution in [3.8, 4) is 0 Å². The average molecular weight is 383 g/mol. The molecule has 130 valence electrons. The molecule has 24 heavy (non-hydrogen) atoms. The maximum atomic E-state index is 13.2. The van der Waals surface area contributed by atoms with Crippen LogP contribution in [0.2, 0.25) is 0 Å². The second-order valence-corrected chi connectivity index (χ2v) is 9.46. The normalized spacial score (nSPS) is 20.1. The van der Waals surface area contributed by atoms with Crippen molar-refractivity contribution in [1.29, 1.82) is 0 Å². The zero-order valence-electron chi connectivity index (χ0n) is 13.9. The predicted octanol–water partition coefficient (Wildman–Crippen LogP) is 3.58. The van der Waals surface area contributed by atoms with Crippen molar-refractivity contribution >= 4 is 45.1 Å². The summed E-state index contributed by atoms with van der Waals surface area (Å²) in [5.74, 6) is 2.05. The number of ether oxygens (including phenoxy) is 1. The van der Waals surface area contributed by atoms with Crippen LogP contribution in [-0.4, -0.2) is 40.0 Å². The molecule has 1 saturated heterocycles. The van der Waals surface area contributed by atoms with E-state index in [0.717, 1.165) is 59.2 Å². The lowest BCUT2D eigenvalue weighted by molar-refractivity contribution is 0.0937. The molecule has 0 aromatic carbocycles. The van der Waals surface area contributed by atoms with E-state index in [9.17, 15) is 4.79 Å². The van der Waals surface area contributed by atoms with Crippen molar-refractivity contribution in [3.63, 3.8) is 0 Å². The van der Waals surface area contributed by atoms with Gasteiger partial charge in [-0.05, 0) is 43.9 Å². The first-order valence-electron chi connectivity index (χ1n) is 8.56. The molecule has 0 bridgehead atoms. The zero-order valence-corrected chi connectivity index (χ0v) is 16.3. The first-order chi connectivity index (χ1) is 11.8. The Hall–Kier alpha value is -0.500. The standard InChI is InChI=1S/C17H22N2O2S3/c1-22-8-9-23-17-18-15-14(12-5-2-6-13(12)24-15)16(20)19(17)10-11-4-3-7-21-11/h11H,2-10H2,1H3/t11-/m1/s1. The Balaban J connectivity index is 1.76. The van der Waals surface area contributed by atoms with Gasteiger partial charge in [-0.15, -0.1) is 11.3 Å². The number of hydrogen-bond donors (Lipinski definition) is 0. The van der Waals surface area contributed by atoms with Crippen LogP contribution in [0.1, 0.15) is 29.7 Å². The van der Waals surface area contributed by atoms with Gasteiger partial charge in [0.2, 0.25) is 0 Å². The Labute approximate surface area is 154 Å². The van der Waals surface area contributed by atoms with Gasteiger partial charge >= 0.3 is 0 Å². The molecule has 2 aliphatic rings. The molecule has 0 unspecified atom stereocenters. The minimum absolute atomic E-state index is 0.154. The molecule has 4 nitrogen and oxygen atoms in total. The van der Waals surface area contributed by atoms with E-state index in [0.29, 0.717) is 6.54 Å². The molecule has 0 spiro atoms. The molecule has 0 radical (unpaired) electrons. The van der Waals surface area contributed by atoms with Crippen LogP contribution in [0.5, 0.6) is 0 Å². The number of hydrogen-bond acceptors (Lipinski definition) is 6. The highest BCUT2D eigenvalue weighted by Crippen LogP contribution is 2.35. The van der Waals surface area contributed by atoms with Gasteiger partial charge in [-0.25, -0.2) is 4.98 Å². The molecule has 0 amide bonds. The summed E-state index contributed by atoms with van der Waals surface area (Å²) in [6.07, 6.45) is 7.72. The van der Waals surface area contributed by atoms with Crippen LogP contribution in [0.3, 0.4) is 0 Å². The summed E-state index contributed by atoms with van der Waals surface area (Å²) >= 11 is 5.27. The highest BCUT2D eigenvalue weighted by atomic mass is 32.2. The summed E-state index contributed by atoms with van der Waals surface area (Å²) < 4.78 is 7.68. The second-order valence-electron chi connectivity index (χ2n) is 6.32. The number of aromatic nitrogens is 2. The molecular weight excluding hydrogens is 360 g/mol. The molecule has 2 aromatic rings. The number of nitrogens with zero attached hydrogens (tertiary/aromatic N) is 2. The Morgan fingerprint density at radius 2 is 2.25 bits per heavy atom. The molecule has 2 aromatic heterocycles. The molecule has 1 atom stereocenters. The third-order valence-corrected chi connectivity index (χ3v) is 7.75. The molecule has 0 N–H and O–H groups in total. The van der Waals surface area contributed by atoms with Crippen LogP contribution in [0.4, 0.5) is 0 Å². The summed E-state index contributed by atoms with van der Waals surface area (Å²) in [7, 11) is 0. The maximum Gasteiger partial charge on any atom is 0.263 e. The van der Waals surface area contributed by atoms with E-state index in [1.807, 2.05) is 16.3 Å². The van der Waals surface area contributed by atoms with Gasteiger partial charge in [-0.1, -0.05) is 11.8 Å². The number of thiophene rings is 1. The minimum atomic E-state index is 0.154. The Morgan fingerprint density at radius 1 is 1.33 bits per heavy atom. The van der Waals surface area contributed by atoms with Gasteiger partial charge in [-0.3, -0.25) is 9.36 Å². The first-order valence-corrected chi connectivity index (χ1v) is 11.8. The largest absolute Gasteiger partial charge is 0.376 e. The molecule has 1 aliphatic carbocycles. The van der Waals surface area contributed by atoms with E-state index in [1.54, 1.807) is 23.1 Å². The van der Waals surface area contributed by atoms with Gasteiger partial charge in [0.25, 0.3) is 5.56 Å². The van der Waals surface area contributed by atoms with Gasteiger partial charge in [0.1, 0.15) is 4.83 Å². The number of fused-ring (bicyclic) bond motifs is 3. The van der Waals surface area contributed by atoms with Crippen molar-refractivity contribution in [2.45, 2.75) is 49.9 Å². The van der Waals surface area contributed by atoms with E-state index < -0.39 is 0 Å². The zero-order chi connectivity index (χ0) is 16.5. The Morgan fingerprint density at radius 3 is 3.04 bits per heavy atom. The van der Waals surface area contributed by atoms with Gasteiger partial charge in [-0.2, -0.15) is 11.8 Å². The van der Waals surface area contributed by atoms with Crippen molar-refractivity contribution in [1.82, 2.24) is 9.55 Å². The van der Waals surface area contributed by atoms with Gasteiger partial charge < -0.3 is 4.74 Å².